The molecule has 1 aromatic heterocycles. The van der Waals surface area contributed by atoms with Crippen LogP contribution in [0.1, 0.15) is 32.9 Å². The quantitative estimate of drug-likeness (QED) is 0.523. The number of para-hydroxylation sites is 1. The Morgan fingerprint density at radius 1 is 1.08 bits per heavy atom. The van der Waals surface area contributed by atoms with Crippen molar-refractivity contribution in [2.24, 2.45) is 5.10 Å². The van der Waals surface area contributed by atoms with E-state index in [1.807, 2.05) is 19.1 Å². The van der Waals surface area contributed by atoms with Gasteiger partial charge in [-0.2, -0.15) is 5.10 Å². The van der Waals surface area contributed by atoms with Crippen LogP contribution in [0, 0.1) is 20.8 Å². The molecule has 0 saturated carbocycles. The average Bonchev–Trinajstić information content (AvgIpc) is 2.90. The summed E-state index contributed by atoms with van der Waals surface area (Å²) < 4.78 is 2.19. The van der Waals surface area contributed by atoms with E-state index in [4.69, 9.17) is 11.6 Å². The number of rotatable bonds is 4. The molecule has 5 heteroatoms. The molecule has 1 amide bonds. The summed E-state index contributed by atoms with van der Waals surface area (Å²) in [5.74, 6) is -0.273. The largest absolute Gasteiger partial charge is 0.318 e. The van der Waals surface area contributed by atoms with Gasteiger partial charge in [-0.15, -0.1) is 0 Å². The zero-order chi connectivity index (χ0) is 18.7. The predicted molar refractivity (Wildman–Crippen MR) is 106 cm³/mol. The minimum Gasteiger partial charge on any atom is -0.318 e. The van der Waals surface area contributed by atoms with Crippen molar-refractivity contribution in [3.8, 4) is 5.69 Å². The first-order valence-electron chi connectivity index (χ1n) is 8.31. The molecule has 1 heterocycles. The number of hydrogen-bond donors (Lipinski definition) is 1. The highest BCUT2D eigenvalue weighted by Gasteiger charge is 2.11. The molecule has 0 aliphatic heterocycles. The van der Waals surface area contributed by atoms with Gasteiger partial charge >= 0.3 is 0 Å². The summed E-state index contributed by atoms with van der Waals surface area (Å²) in [4.78, 5) is 12.1. The van der Waals surface area contributed by atoms with Gasteiger partial charge in [0.2, 0.25) is 0 Å². The van der Waals surface area contributed by atoms with E-state index in [1.54, 1.807) is 30.5 Å². The Hall–Kier alpha value is -2.85. The van der Waals surface area contributed by atoms with E-state index in [0.29, 0.717) is 10.6 Å². The van der Waals surface area contributed by atoms with Gasteiger partial charge in [-0.1, -0.05) is 29.8 Å². The molecular formula is C21H20ClN3O. The number of benzene rings is 2. The standard InChI is InChI=1S/C21H20ClN3O/c1-14-6-4-5-7-20(14)25-15(2)12-18(16(25)3)13-23-24-21(26)17-8-10-19(22)11-9-17/h4-13H,1-3H3,(H,24,26)/b23-13-. The lowest BCUT2D eigenvalue weighted by Gasteiger charge is -2.12. The van der Waals surface area contributed by atoms with Crippen molar-refractivity contribution in [2.45, 2.75) is 20.8 Å². The lowest BCUT2D eigenvalue weighted by atomic mass is 10.2. The maximum Gasteiger partial charge on any atom is 0.271 e. The van der Waals surface area contributed by atoms with Crippen LogP contribution >= 0.6 is 11.6 Å². The molecule has 0 unspecified atom stereocenters. The van der Waals surface area contributed by atoms with E-state index in [9.17, 15) is 4.79 Å². The van der Waals surface area contributed by atoms with Gasteiger partial charge in [0.1, 0.15) is 0 Å². The van der Waals surface area contributed by atoms with Crippen LogP contribution in [0.4, 0.5) is 0 Å². The van der Waals surface area contributed by atoms with Gasteiger partial charge in [0, 0.05) is 33.2 Å². The Labute approximate surface area is 158 Å². The van der Waals surface area contributed by atoms with Gasteiger partial charge in [-0.3, -0.25) is 4.79 Å². The van der Waals surface area contributed by atoms with Crippen molar-refractivity contribution in [1.82, 2.24) is 9.99 Å². The molecule has 0 aliphatic carbocycles. The second-order valence-electron chi connectivity index (χ2n) is 6.15. The molecule has 26 heavy (non-hydrogen) atoms. The van der Waals surface area contributed by atoms with Gasteiger partial charge in [-0.05, 0) is 62.7 Å². The number of halogens is 1. The fourth-order valence-electron chi connectivity index (χ4n) is 2.93. The van der Waals surface area contributed by atoms with E-state index >= 15 is 0 Å². The van der Waals surface area contributed by atoms with E-state index in [-0.39, 0.29) is 5.91 Å². The first-order chi connectivity index (χ1) is 12.5. The molecule has 4 nitrogen and oxygen atoms in total. The molecule has 3 rings (SSSR count). The molecule has 0 bridgehead atoms. The number of carbonyl (C=O) groups is 1. The molecule has 132 valence electrons. The fraction of sp³-hybridized carbons (Fsp3) is 0.143. The highest BCUT2D eigenvalue weighted by Crippen LogP contribution is 2.22. The maximum absolute atomic E-state index is 12.1. The average molecular weight is 366 g/mol. The van der Waals surface area contributed by atoms with Crippen LogP contribution in [-0.2, 0) is 0 Å². The van der Waals surface area contributed by atoms with Crippen LogP contribution in [-0.4, -0.2) is 16.7 Å². The Kier molecular flexibility index (Phi) is 5.24. The summed E-state index contributed by atoms with van der Waals surface area (Å²) in [6, 6.07) is 17.0. The molecule has 0 aliphatic rings. The van der Waals surface area contributed by atoms with E-state index < -0.39 is 0 Å². The lowest BCUT2D eigenvalue weighted by molar-refractivity contribution is 0.0955. The minimum atomic E-state index is -0.273. The second-order valence-corrected chi connectivity index (χ2v) is 6.59. The van der Waals surface area contributed by atoms with Crippen LogP contribution < -0.4 is 5.43 Å². The number of aromatic nitrogens is 1. The van der Waals surface area contributed by atoms with E-state index in [0.717, 1.165) is 22.6 Å². The molecule has 2 aromatic carbocycles. The number of hydrazone groups is 1. The Balaban J connectivity index is 1.80. The fourth-order valence-corrected chi connectivity index (χ4v) is 3.06. The normalized spacial score (nSPS) is 11.1. The van der Waals surface area contributed by atoms with Gasteiger partial charge in [-0.25, -0.2) is 5.43 Å². The third-order valence-electron chi connectivity index (χ3n) is 4.30. The topological polar surface area (TPSA) is 46.4 Å². The second kappa shape index (κ2) is 7.58. The van der Waals surface area contributed by atoms with Gasteiger partial charge in [0.15, 0.2) is 0 Å². The van der Waals surface area contributed by atoms with Gasteiger partial charge in [0.05, 0.1) is 6.21 Å². The SMILES string of the molecule is Cc1ccccc1-n1c(C)cc(/C=N\NC(=O)c2ccc(Cl)cc2)c1C. The molecule has 1 N–H and O–H groups in total. The number of aryl methyl sites for hydroxylation is 2. The van der Waals surface area contributed by atoms with Crippen LogP contribution in [0.5, 0.6) is 0 Å². The van der Waals surface area contributed by atoms with Crippen molar-refractivity contribution in [3.05, 3.63) is 87.7 Å². The first kappa shape index (κ1) is 18.0. The summed E-state index contributed by atoms with van der Waals surface area (Å²) in [7, 11) is 0. The van der Waals surface area contributed by atoms with Crippen LogP contribution in [0.15, 0.2) is 59.7 Å². The number of amides is 1. The Bertz CT molecular complexity index is 971. The molecule has 0 radical (unpaired) electrons. The predicted octanol–water partition coefficient (Wildman–Crippen LogP) is 4.82. The summed E-state index contributed by atoms with van der Waals surface area (Å²) in [6.07, 6.45) is 1.67. The summed E-state index contributed by atoms with van der Waals surface area (Å²) >= 11 is 5.83. The number of hydrogen-bond acceptors (Lipinski definition) is 2. The number of nitrogens with zero attached hydrogens (tertiary/aromatic N) is 2. The van der Waals surface area contributed by atoms with Crippen molar-refractivity contribution in [3.63, 3.8) is 0 Å². The molecule has 0 saturated heterocycles. The summed E-state index contributed by atoms with van der Waals surface area (Å²) in [5.41, 5.74) is 8.56. The van der Waals surface area contributed by atoms with Crippen molar-refractivity contribution >= 4 is 23.7 Å². The molecular weight excluding hydrogens is 346 g/mol. The smallest absolute Gasteiger partial charge is 0.271 e. The van der Waals surface area contributed by atoms with Crippen LogP contribution in [0.3, 0.4) is 0 Å². The zero-order valence-corrected chi connectivity index (χ0v) is 15.7. The molecule has 3 aromatic rings. The zero-order valence-electron chi connectivity index (χ0n) is 15.0. The van der Waals surface area contributed by atoms with Crippen molar-refractivity contribution < 1.29 is 4.79 Å². The monoisotopic (exact) mass is 365 g/mol. The third-order valence-corrected chi connectivity index (χ3v) is 4.55. The van der Waals surface area contributed by atoms with Gasteiger partial charge < -0.3 is 4.57 Å². The highest BCUT2D eigenvalue weighted by atomic mass is 35.5. The highest BCUT2D eigenvalue weighted by molar-refractivity contribution is 6.30. The third kappa shape index (κ3) is 3.70. The number of carbonyl (C=O) groups excluding carboxylic acids is 1. The Morgan fingerprint density at radius 2 is 1.77 bits per heavy atom. The molecule has 0 atom stereocenters. The summed E-state index contributed by atoms with van der Waals surface area (Å²) in [6.45, 7) is 6.19. The Morgan fingerprint density at radius 3 is 2.46 bits per heavy atom. The maximum atomic E-state index is 12.1. The first-order valence-corrected chi connectivity index (χ1v) is 8.69. The summed E-state index contributed by atoms with van der Waals surface area (Å²) in [5, 5.41) is 4.69. The number of nitrogens with one attached hydrogen (secondary N) is 1. The van der Waals surface area contributed by atoms with Crippen molar-refractivity contribution in [1.29, 1.82) is 0 Å². The van der Waals surface area contributed by atoms with E-state index in [1.165, 1.54) is 5.56 Å². The van der Waals surface area contributed by atoms with Crippen LogP contribution in [0.25, 0.3) is 5.69 Å². The van der Waals surface area contributed by atoms with Crippen molar-refractivity contribution in [2.75, 3.05) is 0 Å². The van der Waals surface area contributed by atoms with Gasteiger partial charge in [0.25, 0.3) is 5.91 Å². The minimum absolute atomic E-state index is 0.273. The lowest BCUT2D eigenvalue weighted by Crippen LogP contribution is -2.17. The molecule has 0 spiro atoms. The van der Waals surface area contributed by atoms with Crippen LogP contribution in [0.2, 0.25) is 5.02 Å². The van der Waals surface area contributed by atoms with E-state index in [2.05, 4.69) is 47.1 Å². The molecule has 0 fully saturated rings.